The van der Waals surface area contributed by atoms with Crippen LogP contribution in [0.1, 0.15) is 33.3 Å². The highest BCUT2D eigenvalue weighted by Crippen LogP contribution is 2.34. The fourth-order valence-electron chi connectivity index (χ4n) is 1.10. The second kappa shape index (κ2) is 3.48. The number of rotatable bonds is 2. The van der Waals surface area contributed by atoms with Crippen LogP contribution in [0.5, 0.6) is 5.75 Å². The first-order valence-electron chi connectivity index (χ1n) is 4.25. The van der Waals surface area contributed by atoms with Gasteiger partial charge in [0.1, 0.15) is 5.75 Å². The zero-order valence-corrected chi connectivity index (χ0v) is 8.99. The van der Waals surface area contributed by atoms with Gasteiger partial charge in [-0.3, -0.25) is 0 Å². The summed E-state index contributed by atoms with van der Waals surface area (Å²) in [5, 5.41) is 4.25. The van der Waals surface area contributed by atoms with Crippen LogP contribution in [0.25, 0.3) is 0 Å². The van der Waals surface area contributed by atoms with Crippen molar-refractivity contribution >= 4 is 11.3 Å². The summed E-state index contributed by atoms with van der Waals surface area (Å²) >= 11 is 1.71. The van der Waals surface area contributed by atoms with Crippen LogP contribution < -0.4 is 4.74 Å². The molecule has 0 spiro atoms. The van der Waals surface area contributed by atoms with E-state index in [-0.39, 0.29) is 5.41 Å². The second-order valence-electron chi connectivity index (χ2n) is 3.83. The van der Waals surface area contributed by atoms with Gasteiger partial charge < -0.3 is 4.74 Å². The Morgan fingerprint density at radius 2 is 2.00 bits per heavy atom. The molecular formula is C10H16OS. The second-order valence-corrected chi connectivity index (χ2v) is 4.58. The van der Waals surface area contributed by atoms with Gasteiger partial charge in [-0.1, -0.05) is 20.8 Å². The van der Waals surface area contributed by atoms with Crippen LogP contribution in [0.2, 0.25) is 0 Å². The van der Waals surface area contributed by atoms with Crippen LogP contribution in [0.15, 0.2) is 10.8 Å². The summed E-state index contributed by atoms with van der Waals surface area (Å²) in [6.07, 6.45) is 0. The zero-order chi connectivity index (χ0) is 9.19. The van der Waals surface area contributed by atoms with Crippen LogP contribution >= 0.6 is 11.3 Å². The third kappa shape index (κ3) is 2.01. The first-order chi connectivity index (χ1) is 5.55. The molecular weight excluding hydrogens is 168 g/mol. The minimum atomic E-state index is 0.199. The standard InChI is InChI=1S/C10H16OS/c1-5-11-9-7-12-6-8(9)10(2,3)4/h6-7H,5H2,1-4H3. The van der Waals surface area contributed by atoms with Crippen LogP contribution in [0, 0.1) is 0 Å². The summed E-state index contributed by atoms with van der Waals surface area (Å²) in [7, 11) is 0. The molecule has 1 aromatic rings. The fraction of sp³-hybridized carbons (Fsp3) is 0.600. The lowest BCUT2D eigenvalue weighted by molar-refractivity contribution is 0.332. The summed E-state index contributed by atoms with van der Waals surface area (Å²) in [4.78, 5) is 0. The molecule has 0 radical (unpaired) electrons. The van der Waals surface area contributed by atoms with E-state index in [4.69, 9.17) is 4.74 Å². The van der Waals surface area contributed by atoms with Crippen LogP contribution in [0.4, 0.5) is 0 Å². The molecule has 2 heteroatoms. The molecule has 0 fully saturated rings. The van der Waals surface area contributed by atoms with Crippen molar-refractivity contribution in [2.45, 2.75) is 33.1 Å². The maximum Gasteiger partial charge on any atom is 0.133 e. The molecule has 0 bridgehead atoms. The zero-order valence-electron chi connectivity index (χ0n) is 8.18. The van der Waals surface area contributed by atoms with E-state index in [0.717, 1.165) is 12.4 Å². The number of hydrogen-bond donors (Lipinski definition) is 0. The van der Waals surface area contributed by atoms with Crippen molar-refractivity contribution in [3.05, 3.63) is 16.3 Å². The Hall–Kier alpha value is -0.500. The largest absolute Gasteiger partial charge is 0.493 e. The smallest absolute Gasteiger partial charge is 0.133 e. The average Bonchev–Trinajstić information content (AvgIpc) is 2.34. The molecule has 12 heavy (non-hydrogen) atoms. The van der Waals surface area contributed by atoms with Crippen molar-refractivity contribution in [3.8, 4) is 5.75 Å². The summed E-state index contributed by atoms with van der Waals surface area (Å²) in [5.41, 5.74) is 1.51. The summed E-state index contributed by atoms with van der Waals surface area (Å²) in [6, 6.07) is 0. The van der Waals surface area contributed by atoms with Crippen molar-refractivity contribution in [2.75, 3.05) is 6.61 Å². The summed E-state index contributed by atoms with van der Waals surface area (Å²) in [5.74, 6) is 1.05. The predicted octanol–water partition coefficient (Wildman–Crippen LogP) is 3.44. The molecule has 1 nitrogen and oxygen atoms in total. The van der Waals surface area contributed by atoms with Gasteiger partial charge in [0, 0.05) is 10.9 Å². The molecule has 0 N–H and O–H groups in total. The molecule has 0 aliphatic carbocycles. The summed E-state index contributed by atoms with van der Waals surface area (Å²) in [6.45, 7) is 9.39. The number of hydrogen-bond acceptors (Lipinski definition) is 2. The van der Waals surface area contributed by atoms with E-state index in [2.05, 4.69) is 31.5 Å². The monoisotopic (exact) mass is 184 g/mol. The van der Waals surface area contributed by atoms with Gasteiger partial charge in [0.15, 0.2) is 0 Å². The van der Waals surface area contributed by atoms with E-state index in [1.807, 2.05) is 6.92 Å². The van der Waals surface area contributed by atoms with E-state index < -0.39 is 0 Å². The van der Waals surface area contributed by atoms with Gasteiger partial charge in [-0.05, 0) is 17.7 Å². The quantitative estimate of drug-likeness (QED) is 0.684. The van der Waals surface area contributed by atoms with Crippen molar-refractivity contribution < 1.29 is 4.74 Å². The number of thiophene rings is 1. The van der Waals surface area contributed by atoms with Crippen molar-refractivity contribution in [1.29, 1.82) is 0 Å². The molecule has 0 atom stereocenters. The maximum atomic E-state index is 5.51. The Morgan fingerprint density at radius 3 is 2.50 bits per heavy atom. The van der Waals surface area contributed by atoms with Gasteiger partial charge in [-0.2, -0.15) is 0 Å². The summed E-state index contributed by atoms with van der Waals surface area (Å²) < 4.78 is 5.51. The Kier molecular flexibility index (Phi) is 2.78. The topological polar surface area (TPSA) is 9.23 Å². The molecule has 1 aromatic heterocycles. The van der Waals surface area contributed by atoms with E-state index >= 15 is 0 Å². The van der Waals surface area contributed by atoms with E-state index in [1.54, 1.807) is 11.3 Å². The molecule has 0 saturated heterocycles. The third-order valence-electron chi connectivity index (χ3n) is 1.73. The van der Waals surface area contributed by atoms with Gasteiger partial charge in [0.2, 0.25) is 0 Å². The third-order valence-corrected chi connectivity index (χ3v) is 2.46. The van der Waals surface area contributed by atoms with E-state index in [1.165, 1.54) is 5.56 Å². The van der Waals surface area contributed by atoms with Crippen LogP contribution in [-0.2, 0) is 5.41 Å². The minimum Gasteiger partial charge on any atom is -0.493 e. The first kappa shape index (κ1) is 9.59. The molecule has 0 aliphatic rings. The molecule has 0 aliphatic heterocycles. The highest BCUT2D eigenvalue weighted by Gasteiger charge is 2.19. The normalized spacial score (nSPS) is 11.7. The molecule has 0 saturated carbocycles. The van der Waals surface area contributed by atoms with Crippen LogP contribution in [0.3, 0.4) is 0 Å². The Morgan fingerprint density at radius 1 is 1.33 bits per heavy atom. The van der Waals surface area contributed by atoms with E-state index in [0.29, 0.717) is 0 Å². The van der Waals surface area contributed by atoms with Gasteiger partial charge in [-0.25, -0.2) is 0 Å². The highest BCUT2D eigenvalue weighted by molar-refractivity contribution is 7.08. The van der Waals surface area contributed by atoms with Crippen molar-refractivity contribution in [3.63, 3.8) is 0 Å². The van der Waals surface area contributed by atoms with Crippen molar-refractivity contribution in [1.82, 2.24) is 0 Å². The lowest BCUT2D eigenvalue weighted by atomic mass is 9.89. The fourth-order valence-corrected chi connectivity index (χ4v) is 2.09. The Labute approximate surface area is 78.4 Å². The van der Waals surface area contributed by atoms with Gasteiger partial charge in [0.05, 0.1) is 6.61 Å². The van der Waals surface area contributed by atoms with Gasteiger partial charge in [-0.15, -0.1) is 11.3 Å². The molecule has 1 rings (SSSR count). The highest BCUT2D eigenvalue weighted by atomic mass is 32.1. The molecule has 1 heterocycles. The van der Waals surface area contributed by atoms with Gasteiger partial charge in [0.25, 0.3) is 0 Å². The maximum absolute atomic E-state index is 5.51. The minimum absolute atomic E-state index is 0.199. The average molecular weight is 184 g/mol. The molecule has 0 aromatic carbocycles. The Bertz CT molecular complexity index is 245. The molecule has 0 unspecified atom stereocenters. The van der Waals surface area contributed by atoms with Crippen molar-refractivity contribution in [2.24, 2.45) is 0 Å². The lowest BCUT2D eigenvalue weighted by Crippen LogP contribution is -2.11. The lowest BCUT2D eigenvalue weighted by Gasteiger charge is -2.18. The SMILES string of the molecule is CCOc1cscc1C(C)(C)C. The number of ether oxygens (including phenoxy) is 1. The predicted molar refractivity (Wildman–Crippen MR) is 54.2 cm³/mol. The van der Waals surface area contributed by atoms with E-state index in [9.17, 15) is 0 Å². The first-order valence-corrected chi connectivity index (χ1v) is 5.19. The Balaban J connectivity index is 2.91. The molecule has 0 amide bonds. The molecule has 68 valence electrons. The van der Waals surface area contributed by atoms with Gasteiger partial charge >= 0.3 is 0 Å². The van der Waals surface area contributed by atoms with Crippen LogP contribution in [-0.4, -0.2) is 6.61 Å².